The third kappa shape index (κ3) is 6.75. The van der Waals surface area contributed by atoms with Crippen LogP contribution in [0.2, 0.25) is 0 Å². The first kappa shape index (κ1) is 22.1. The average molecular weight is 432 g/mol. The fraction of sp³-hybridized carbons (Fsp3) is 0.176. The lowest BCUT2D eigenvalue weighted by molar-refractivity contribution is -0.141. The highest BCUT2D eigenvalue weighted by Gasteiger charge is 2.28. The molecule has 0 aliphatic heterocycles. The third-order valence-corrected chi connectivity index (χ3v) is 4.07. The van der Waals surface area contributed by atoms with Crippen LogP contribution in [-0.4, -0.2) is 31.6 Å². The molecule has 2 aromatic rings. The summed E-state index contributed by atoms with van der Waals surface area (Å²) < 4.78 is 76.8. The van der Waals surface area contributed by atoms with Gasteiger partial charge < -0.3 is 15.3 Å². The normalized spacial score (nSPS) is 12.5. The molecule has 0 unspecified atom stereocenters. The van der Waals surface area contributed by atoms with Crippen LogP contribution in [-0.2, 0) is 16.6 Å². The molecule has 7 nitrogen and oxygen atoms in total. The van der Waals surface area contributed by atoms with Gasteiger partial charge in [-0.1, -0.05) is 0 Å². The van der Waals surface area contributed by atoms with Gasteiger partial charge in [0.2, 0.25) is 10.0 Å². The number of alkyl halides is 3. The summed E-state index contributed by atoms with van der Waals surface area (Å²) in [5.41, 5.74) is -0.754. The molecule has 1 aromatic carbocycles. The predicted octanol–water partition coefficient (Wildman–Crippen LogP) is 3.02. The Hall–Kier alpha value is -3.15. The summed E-state index contributed by atoms with van der Waals surface area (Å²) in [6.07, 6.45) is -0.746. The topological polar surface area (TPSA) is 104 Å². The molecule has 3 N–H and O–H groups in total. The molecule has 29 heavy (non-hydrogen) atoms. The zero-order chi connectivity index (χ0) is 21.8. The van der Waals surface area contributed by atoms with Crippen molar-refractivity contribution in [3.63, 3.8) is 0 Å². The van der Waals surface area contributed by atoms with E-state index in [-0.39, 0.29) is 22.5 Å². The van der Waals surface area contributed by atoms with E-state index in [4.69, 9.17) is 5.41 Å². The van der Waals surface area contributed by atoms with Crippen molar-refractivity contribution in [3.8, 4) is 0 Å². The first-order valence-corrected chi connectivity index (χ1v) is 9.79. The highest BCUT2D eigenvalue weighted by atomic mass is 32.2. The SMILES string of the molecule is CS(=O)(=O)Nc1ccc(/C(C=N)=C/Nc2ccc(=O)n(CC(F)(F)F)c2)c(F)c1. The molecule has 0 aliphatic rings. The second-order valence-electron chi connectivity index (χ2n) is 5.96. The van der Waals surface area contributed by atoms with E-state index in [9.17, 15) is 30.8 Å². The molecule has 0 aliphatic carbocycles. The minimum absolute atomic E-state index is 0.00901. The number of sulfonamides is 1. The van der Waals surface area contributed by atoms with Gasteiger partial charge in [-0.2, -0.15) is 13.2 Å². The maximum Gasteiger partial charge on any atom is 0.406 e. The molecule has 0 atom stereocenters. The summed E-state index contributed by atoms with van der Waals surface area (Å²) >= 11 is 0. The van der Waals surface area contributed by atoms with E-state index in [0.29, 0.717) is 4.57 Å². The largest absolute Gasteiger partial charge is 0.406 e. The number of allylic oxidation sites excluding steroid dienone is 1. The minimum atomic E-state index is -4.58. The molecule has 0 amide bonds. The predicted molar refractivity (Wildman–Crippen MR) is 102 cm³/mol. The van der Waals surface area contributed by atoms with E-state index < -0.39 is 34.1 Å². The summed E-state index contributed by atoms with van der Waals surface area (Å²) in [6.45, 7) is -1.47. The first-order chi connectivity index (χ1) is 13.4. The third-order valence-electron chi connectivity index (χ3n) is 3.47. The summed E-state index contributed by atoms with van der Waals surface area (Å²) in [4.78, 5) is 11.5. The van der Waals surface area contributed by atoms with Crippen LogP contribution in [0, 0.1) is 11.2 Å². The number of aromatic nitrogens is 1. The van der Waals surface area contributed by atoms with Crippen LogP contribution in [0.15, 0.2) is 47.5 Å². The Bertz CT molecular complexity index is 1110. The van der Waals surface area contributed by atoms with E-state index in [0.717, 1.165) is 30.8 Å². The van der Waals surface area contributed by atoms with Crippen LogP contribution in [0.3, 0.4) is 0 Å². The van der Waals surface area contributed by atoms with Gasteiger partial charge in [-0.05, 0) is 24.3 Å². The maximum atomic E-state index is 14.3. The summed E-state index contributed by atoms with van der Waals surface area (Å²) in [5, 5.41) is 10.0. The van der Waals surface area contributed by atoms with Crippen molar-refractivity contribution in [1.29, 1.82) is 5.41 Å². The van der Waals surface area contributed by atoms with Crippen LogP contribution in [0.1, 0.15) is 5.56 Å². The van der Waals surface area contributed by atoms with Crippen molar-refractivity contribution in [2.45, 2.75) is 12.7 Å². The number of nitrogens with one attached hydrogen (secondary N) is 3. The van der Waals surface area contributed by atoms with Gasteiger partial charge in [-0.25, -0.2) is 12.8 Å². The zero-order valence-electron chi connectivity index (χ0n) is 14.9. The Morgan fingerprint density at radius 1 is 1.21 bits per heavy atom. The maximum absolute atomic E-state index is 14.3. The van der Waals surface area contributed by atoms with E-state index >= 15 is 0 Å². The van der Waals surface area contributed by atoms with Crippen LogP contribution in [0.4, 0.5) is 28.9 Å². The highest BCUT2D eigenvalue weighted by molar-refractivity contribution is 7.92. The van der Waals surface area contributed by atoms with Crippen molar-refractivity contribution in [1.82, 2.24) is 4.57 Å². The number of anilines is 2. The number of hydrogen-bond donors (Lipinski definition) is 3. The van der Waals surface area contributed by atoms with Gasteiger partial charge >= 0.3 is 6.18 Å². The van der Waals surface area contributed by atoms with Crippen molar-refractivity contribution >= 4 is 33.2 Å². The molecule has 0 spiro atoms. The number of rotatable bonds is 7. The number of pyridine rings is 1. The van der Waals surface area contributed by atoms with Crippen LogP contribution < -0.4 is 15.6 Å². The molecule has 12 heteroatoms. The average Bonchev–Trinajstić information content (AvgIpc) is 2.57. The zero-order valence-corrected chi connectivity index (χ0v) is 15.7. The van der Waals surface area contributed by atoms with Gasteiger partial charge in [0, 0.05) is 35.8 Å². The van der Waals surface area contributed by atoms with Crippen molar-refractivity contribution in [2.75, 3.05) is 16.3 Å². The number of halogens is 4. The molecule has 156 valence electrons. The second kappa shape index (κ2) is 8.47. The first-order valence-electron chi connectivity index (χ1n) is 7.90. The number of nitrogens with zero attached hydrogens (tertiary/aromatic N) is 1. The molecule has 0 saturated heterocycles. The monoisotopic (exact) mass is 432 g/mol. The Kier molecular flexibility index (Phi) is 6.47. The molecular weight excluding hydrogens is 416 g/mol. The van der Waals surface area contributed by atoms with Crippen molar-refractivity contribution in [3.05, 3.63) is 64.5 Å². The molecule has 1 aromatic heterocycles. The smallest absolute Gasteiger partial charge is 0.360 e. The Balaban J connectivity index is 2.28. The van der Waals surface area contributed by atoms with Gasteiger partial charge in [-0.3, -0.25) is 9.52 Å². The fourth-order valence-corrected chi connectivity index (χ4v) is 2.87. The Morgan fingerprint density at radius 3 is 2.41 bits per heavy atom. The van der Waals surface area contributed by atoms with Crippen LogP contribution >= 0.6 is 0 Å². The summed E-state index contributed by atoms with van der Waals surface area (Å²) in [7, 11) is -3.60. The molecule has 0 radical (unpaired) electrons. The molecule has 0 bridgehead atoms. The van der Waals surface area contributed by atoms with E-state index in [1.54, 1.807) is 0 Å². The quantitative estimate of drug-likeness (QED) is 0.462. The highest BCUT2D eigenvalue weighted by Crippen LogP contribution is 2.22. The van der Waals surface area contributed by atoms with Crippen molar-refractivity contribution < 1.29 is 26.0 Å². The number of hydrogen-bond acceptors (Lipinski definition) is 5. The minimum Gasteiger partial charge on any atom is -0.360 e. The lowest BCUT2D eigenvalue weighted by Gasteiger charge is -2.11. The molecule has 1 heterocycles. The second-order valence-corrected chi connectivity index (χ2v) is 7.70. The lowest BCUT2D eigenvalue weighted by Crippen LogP contribution is -2.27. The molecular formula is C17H16F4N4O3S. The van der Waals surface area contributed by atoms with Crippen LogP contribution in [0.5, 0.6) is 0 Å². The van der Waals surface area contributed by atoms with Crippen LogP contribution in [0.25, 0.3) is 5.57 Å². The van der Waals surface area contributed by atoms with E-state index in [1.807, 2.05) is 0 Å². The molecule has 2 rings (SSSR count). The Morgan fingerprint density at radius 2 is 1.86 bits per heavy atom. The van der Waals surface area contributed by atoms with Gasteiger partial charge in [0.1, 0.15) is 12.4 Å². The van der Waals surface area contributed by atoms with Crippen molar-refractivity contribution in [2.24, 2.45) is 0 Å². The standard InChI is InChI=1S/C17H16F4N4O3S/c1-29(27,28)24-12-2-4-14(15(18)6-12)11(7-22)8-23-13-3-5-16(26)25(9-13)10-17(19,20)21/h2-9,22-24H,10H2,1H3/b11-8+,22-7?. The molecule has 0 fully saturated rings. The van der Waals surface area contributed by atoms with Gasteiger partial charge in [0.15, 0.2) is 0 Å². The summed E-state index contributed by atoms with van der Waals surface area (Å²) in [5.74, 6) is -0.822. The lowest BCUT2D eigenvalue weighted by atomic mass is 10.1. The molecule has 0 saturated carbocycles. The van der Waals surface area contributed by atoms with Gasteiger partial charge in [-0.15, -0.1) is 0 Å². The van der Waals surface area contributed by atoms with Gasteiger partial charge in [0.05, 0.1) is 17.6 Å². The van der Waals surface area contributed by atoms with E-state index in [1.165, 1.54) is 24.4 Å². The Labute approximate surface area is 163 Å². The number of benzene rings is 1. The van der Waals surface area contributed by atoms with Gasteiger partial charge in [0.25, 0.3) is 5.56 Å². The summed E-state index contributed by atoms with van der Waals surface area (Å²) in [6, 6.07) is 5.64. The van der Waals surface area contributed by atoms with E-state index in [2.05, 4.69) is 10.0 Å². The fourth-order valence-electron chi connectivity index (χ4n) is 2.32.